The van der Waals surface area contributed by atoms with E-state index < -0.39 is 0 Å². The van der Waals surface area contributed by atoms with Gasteiger partial charge in [0.25, 0.3) is 0 Å². The van der Waals surface area contributed by atoms with E-state index in [0.717, 1.165) is 46.4 Å². The third kappa shape index (κ3) is 3.51. The highest BCUT2D eigenvalue weighted by atomic mass is 16.5. The van der Waals surface area contributed by atoms with Crippen LogP contribution in [0, 0.1) is 0 Å². The van der Waals surface area contributed by atoms with Crippen molar-refractivity contribution in [2.24, 2.45) is 7.05 Å². The lowest BCUT2D eigenvalue weighted by Gasteiger charge is -2.26. The molecule has 0 saturated carbocycles. The standard InChI is InChI=1S/C23H22N6O2/c1-29-12-16(21(28-29)14-6-4-3-5-7-14)22-15-10-19(27-23(30)17-8-9-24-17)20(31-2)11-18(15)25-13-26-22/h3-7,10-13,17,24H,8-9H2,1-2H3,(H,27,30). The van der Waals surface area contributed by atoms with E-state index in [0.29, 0.717) is 11.4 Å². The van der Waals surface area contributed by atoms with Gasteiger partial charge >= 0.3 is 0 Å². The number of carbonyl (C=O) groups is 1. The lowest BCUT2D eigenvalue weighted by molar-refractivity contribution is -0.119. The van der Waals surface area contributed by atoms with Crippen molar-refractivity contribution in [3.63, 3.8) is 0 Å². The van der Waals surface area contributed by atoms with Gasteiger partial charge in [-0.05, 0) is 19.0 Å². The monoisotopic (exact) mass is 414 g/mol. The van der Waals surface area contributed by atoms with E-state index in [1.54, 1.807) is 11.8 Å². The van der Waals surface area contributed by atoms with Crippen LogP contribution < -0.4 is 15.4 Å². The van der Waals surface area contributed by atoms with E-state index >= 15 is 0 Å². The van der Waals surface area contributed by atoms with Gasteiger partial charge in [-0.1, -0.05) is 30.3 Å². The van der Waals surface area contributed by atoms with Crippen LogP contribution in [0.1, 0.15) is 6.42 Å². The first-order valence-corrected chi connectivity index (χ1v) is 10.1. The van der Waals surface area contributed by atoms with Crippen molar-refractivity contribution in [1.82, 2.24) is 25.1 Å². The summed E-state index contributed by atoms with van der Waals surface area (Å²) in [5.41, 5.74) is 4.80. The minimum atomic E-state index is -0.171. The molecule has 156 valence electrons. The second-order valence-electron chi connectivity index (χ2n) is 7.51. The molecule has 0 aliphatic carbocycles. The number of hydrogen-bond donors (Lipinski definition) is 2. The molecule has 2 aromatic carbocycles. The fraction of sp³-hybridized carbons (Fsp3) is 0.217. The summed E-state index contributed by atoms with van der Waals surface area (Å²) >= 11 is 0. The Labute approximate surface area is 179 Å². The highest BCUT2D eigenvalue weighted by Crippen LogP contribution is 2.37. The van der Waals surface area contributed by atoms with Crippen LogP contribution in [0.4, 0.5) is 5.69 Å². The SMILES string of the molecule is COc1cc2ncnc(-c3cn(C)nc3-c3ccccc3)c2cc1NC(=O)C1CCN1. The first-order valence-electron chi connectivity index (χ1n) is 10.1. The molecule has 4 aromatic rings. The molecule has 0 radical (unpaired) electrons. The number of carbonyl (C=O) groups excluding carboxylic acids is 1. The van der Waals surface area contributed by atoms with E-state index in [2.05, 4.69) is 25.7 Å². The Morgan fingerprint density at radius 2 is 2.00 bits per heavy atom. The van der Waals surface area contributed by atoms with E-state index in [9.17, 15) is 4.79 Å². The summed E-state index contributed by atoms with van der Waals surface area (Å²) in [6.45, 7) is 0.855. The zero-order valence-corrected chi connectivity index (χ0v) is 17.3. The fourth-order valence-electron chi connectivity index (χ4n) is 3.77. The smallest absolute Gasteiger partial charge is 0.241 e. The first kappa shape index (κ1) is 19.2. The van der Waals surface area contributed by atoms with Gasteiger partial charge in [0.15, 0.2) is 0 Å². The van der Waals surface area contributed by atoms with Crippen molar-refractivity contribution < 1.29 is 9.53 Å². The van der Waals surface area contributed by atoms with Crippen LogP contribution in [0.25, 0.3) is 33.4 Å². The molecule has 2 N–H and O–H groups in total. The van der Waals surface area contributed by atoms with Crippen molar-refractivity contribution in [3.8, 4) is 28.3 Å². The Bertz CT molecular complexity index is 1260. The van der Waals surface area contributed by atoms with Crippen LogP contribution in [0.15, 0.2) is 55.0 Å². The van der Waals surface area contributed by atoms with Gasteiger partial charge < -0.3 is 15.4 Å². The second kappa shape index (κ2) is 7.81. The van der Waals surface area contributed by atoms with Crippen molar-refractivity contribution in [1.29, 1.82) is 0 Å². The summed E-state index contributed by atoms with van der Waals surface area (Å²) in [5.74, 6) is 0.480. The largest absolute Gasteiger partial charge is 0.494 e. The number of methoxy groups -OCH3 is 1. The summed E-state index contributed by atoms with van der Waals surface area (Å²) < 4.78 is 7.29. The Morgan fingerprint density at radius 3 is 2.71 bits per heavy atom. The molecular formula is C23H22N6O2. The number of ether oxygens (including phenoxy) is 1. The number of rotatable bonds is 5. The predicted molar refractivity (Wildman–Crippen MR) is 119 cm³/mol. The predicted octanol–water partition coefficient (Wildman–Crippen LogP) is 3.01. The maximum Gasteiger partial charge on any atom is 0.241 e. The van der Waals surface area contributed by atoms with Gasteiger partial charge in [0.05, 0.1) is 30.0 Å². The minimum Gasteiger partial charge on any atom is -0.494 e. The Morgan fingerprint density at radius 1 is 1.19 bits per heavy atom. The second-order valence-corrected chi connectivity index (χ2v) is 7.51. The van der Waals surface area contributed by atoms with Crippen molar-refractivity contribution >= 4 is 22.5 Å². The molecule has 8 nitrogen and oxygen atoms in total. The molecule has 8 heteroatoms. The van der Waals surface area contributed by atoms with E-state index in [-0.39, 0.29) is 11.9 Å². The van der Waals surface area contributed by atoms with Crippen LogP contribution in [-0.4, -0.2) is 45.4 Å². The third-order valence-electron chi connectivity index (χ3n) is 5.49. The Kier molecular flexibility index (Phi) is 4.83. The topological polar surface area (TPSA) is 94.0 Å². The molecule has 1 fully saturated rings. The number of aromatic nitrogens is 4. The number of nitrogens with one attached hydrogen (secondary N) is 2. The van der Waals surface area contributed by atoms with Crippen LogP contribution in [0.5, 0.6) is 5.75 Å². The fourth-order valence-corrected chi connectivity index (χ4v) is 3.77. The van der Waals surface area contributed by atoms with Gasteiger partial charge in [0, 0.05) is 35.8 Å². The number of nitrogens with zero attached hydrogens (tertiary/aromatic N) is 4. The lowest BCUT2D eigenvalue weighted by Crippen LogP contribution is -2.50. The lowest BCUT2D eigenvalue weighted by atomic mass is 10.0. The summed E-state index contributed by atoms with van der Waals surface area (Å²) in [6, 6.07) is 13.5. The highest BCUT2D eigenvalue weighted by Gasteiger charge is 2.26. The van der Waals surface area contributed by atoms with Crippen LogP contribution in [0.3, 0.4) is 0 Å². The summed E-state index contributed by atoms with van der Waals surface area (Å²) in [6.07, 6.45) is 4.31. The van der Waals surface area contributed by atoms with Crippen LogP contribution in [-0.2, 0) is 11.8 Å². The molecular weight excluding hydrogens is 392 g/mol. The Hall–Kier alpha value is -3.78. The highest BCUT2D eigenvalue weighted by molar-refractivity contribution is 6.02. The van der Waals surface area contributed by atoms with E-state index in [1.165, 1.54) is 6.33 Å². The van der Waals surface area contributed by atoms with Gasteiger partial charge in [0.1, 0.15) is 17.8 Å². The number of fused-ring (bicyclic) bond motifs is 1. The van der Waals surface area contributed by atoms with Gasteiger partial charge in [-0.2, -0.15) is 5.10 Å². The average molecular weight is 414 g/mol. The molecule has 5 rings (SSSR count). The number of benzene rings is 2. The van der Waals surface area contributed by atoms with Gasteiger partial charge in [-0.25, -0.2) is 9.97 Å². The molecule has 1 aliphatic rings. The molecule has 31 heavy (non-hydrogen) atoms. The molecule has 1 aliphatic heterocycles. The minimum absolute atomic E-state index is 0.0753. The normalized spacial score (nSPS) is 15.5. The first-order chi connectivity index (χ1) is 15.1. The molecule has 0 spiro atoms. The van der Waals surface area contributed by atoms with Gasteiger partial charge in [0.2, 0.25) is 5.91 Å². The molecule has 1 amide bonds. The van der Waals surface area contributed by atoms with Crippen molar-refractivity contribution in [3.05, 3.63) is 55.0 Å². The molecule has 3 heterocycles. The summed E-state index contributed by atoms with van der Waals surface area (Å²) in [5, 5.41) is 11.6. The van der Waals surface area contributed by atoms with E-state index in [4.69, 9.17) is 4.74 Å². The molecule has 1 unspecified atom stereocenters. The van der Waals surface area contributed by atoms with Gasteiger partial charge in [-0.15, -0.1) is 0 Å². The van der Waals surface area contributed by atoms with Crippen LogP contribution in [0.2, 0.25) is 0 Å². The van der Waals surface area contributed by atoms with Crippen LogP contribution >= 0.6 is 0 Å². The van der Waals surface area contributed by atoms with Crippen molar-refractivity contribution in [2.45, 2.75) is 12.5 Å². The summed E-state index contributed by atoms with van der Waals surface area (Å²) in [4.78, 5) is 21.5. The zero-order valence-electron chi connectivity index (χ0n) is 17.3. The Balaban J connectivity index is 1.65. The maximum atomic E-state index is 12.5. The number of hydrogen-bond acceptors (Lipinski definition) is 6. The number of aryl methyl sites for hydroxylation is 1. The molecule has 0 bridgehead atoms. The molecule has 2 aromatic heterocycles. The molecule has 1 saturated heterocycles. The number of amides is 1. The number of anilines is 1. The van der Waals surface area contributed by atoms with Crippen molar-refractivity contribution in [2.75, 3.05) is 19.0 Å². The maximum absolute atomic E-state index is 12.5. The van der Waals surface area contributed by atoms with Gasteiger partial charge in [-0.3, -0.25) is 9.48 Å². The average Bonchev–Trinajstić information content (AvgIpc) is 3.13. The zero-order chi connectivity index (χ0) is 21.4. The molecule has 1 atom stereocenters. The summed E-state index contributed by atoms with van der Waals surface area (Å²) in [7, 11) is 3.47. The quantitative estimate of drug-likeness (QED) is 0.521. The van der Waals surface area contributed by atoms with E-state index in [1.807, 2.05) is 55.7 Å². The third-order valence-corrected chi connectivity index (χ3v) is 5.49.